The topological polar surface area (TPSA) is 77.1 Å². The van der Waals surface area contributed by atoms with Gasteiger partial charge >= 0.3 is 0 Å². The Morgan fingerprint density at radius 2 is 1.68 bits per heavy atom. The number of sulfonamides is 1. The molecule has 0 spiro atoms. The summed E-state index contributed by atoms with van der Waals surface area (Å²) in [6.45, 7) is 1.09. The number of benzene rings is 2. The highest BCUT2D eigenvalue weighted by atomic mass is 32.2. The minimum Gasteiger partial charge on any atom is -0.497 e. The van der Waals surface area contributed by atoms with Crippen LogP contribution in [-0.4, -0.2) is 54.8 Å². The first-order valence-corrected chi connectivity index (χ1v) is 10.5. The van der Waals surface area contributed by atoms with Crippen molar-refractivity contribution in [3.8, 4) is 17.2 Å². The van der Waals surface area contributed by atoms with Gasteiger partial charge in [0.05, 0.1) is 26.2 Å². The standard InChI is InChI=1S/C20H26N2O5S/c1-22-10-9-14-11-19(26-3)20(27-4)12-17(14)18(22)13-21-28(23,24)16-7-5-15(25-2)6-8-16/h5-8,11-12,18,21H,9-10,13H2,1-4H3. The van der Waals surface area contributed by atoms with Crippen molar-refractivity contribution in [2.45, 2.75) is 17.4 Å². The highest BCUT2D eigenvalue weighted by Gasteiger charge is 2.28. The van der Waals surface area contributed by atoms with E-state index in [1.807, 2.05) is 19.2 Å². The fourth-order valence-electron chi connectivity index (χ4n) is 3.45. The molecule has 0 radical (unpaired) electrons. The van der Waals surface area contributed by atoms with Gasteiger partial charge in [0, 0.05) is 19.1 Å². The molecule has 1 aliphatic heterocycles. The number of fused-ring (bicyclic) bond motifs is 1. The molecule has 8 heteroatoms. The lowest BCUT2D eigenvalue weighted by molar-refractivity contribution is 0.230. The number of nitrogens with zero attached hydrogens (tertiary/aromatic N) is 1. The summed E-state index contributed by atoms with van der Waals surface area (Å²) in [5.41, 5.74) is 2.19. The Bertz CT molecular complexity index is 928. The molecule has 3 rings (SSSR count). The second kappa shape index (κ2) is 8.38. The monoisotopic (exact) mass is 406 g/mol. The quantitative estimate of drug-likeness (QED) is 0.760. The van der Waals surface area contributed by atoms with Gasteiger partial charge in [0.1, 0.15) is 5.75 Å². The summed E-state index contributed by atoms with van der Waals surface area (Å²) in [7, 11) is 3.11. The lowest BCUT2D eigenvalue weighted by atomic mass is 9.92. The van der Waals surface area contributed by atoms with Gasteiger partial charge in [-0.15, -0.1) is 0 Å². The van der Waals surface area contributed by atoms with Crippen LogP contribution in [0.5, 0.6) is 17.2 Å². The number of methoxy groups -OCH3 is 3. The first-order valence-electron chi connectivity index (χ1n) is 8.98. The van der Waals surface area contributed by atoms with E-state index >= 15 is 0 Å². The molecule has 28 heavy (non-hydrogen) atoms. The molecule has 1 N–H and O–H groups in total. The highest BCUT2D eigenvalue weighted by molar-refractivity contribution is 7.89. The minimum absolute atomic E-state index is 0.100. The summed E-state index contributed by atoms with van der Waals surface area (Å²) in [4.78, 5) is 2.35. The van der Waals surface area contributed by atoms with Gasteiger partial charge in [0.15, 0.2) is 11.5 Å². The van der Waals surface area contributed by atoms with E-state index in [1.165, 1.54) is 12.1 Å². The van der Waals surface area contributed by atoms with Crippen LogP contribution in [0, 0.1) is 0 Å². The Morgan fingerprint density at radius 1 is 1.04 bits per heavy atom. The number of nitrogens with one attached hydrogen (secondary N) is 1. The number of hydrogen-bond donors (Lipinski definition) is 1. The molecule has 0 fully saturated rings. The van der Waals surface area contributed by atoms with E-state index in [2.05, 4.69) is 9.62 Å². The van der Waals surface area contributed by atoms with Gasteiger partial charge < -0.3 is 14.2 Å². The predicted molar refractivity (Wildman–Crippen MR) is 107 cm³/mol. The third kappa shape index (κ3) is 4.09. The van der Waals surface area contributed by atoms with Crippen LogP contribution in [0.25, 0.3) is 0 Å². The third-order valence-corrected chi connectivity index (χ3v) is 6.55. The zero-order valence-corrected chi connectivity index (χ0v) is 17.4. The van der Waals surface area contributed by atoms with Crippen molar-refractivity contribution >= 4 is 10.0 Å². The molecule has 1 heterocycles. The second-order valence-corrected chi connectivity index (χ2v) is 8.45. The van der Waals surface area contributed by atoms with Gasteiger partial charge in [-0.3, -0.25) is 4.90 Å². The summed E-state index contributed by atoms with van der Waals surface area (Å²) in [5, 5.41) is 0. The van der Waals surface area contributed by atoms with Gasteiger partial charge in [-0.2, -0.15) is 0 Å². The van der Waals surface area contributed by atoms with Crippen molar-refractivity contribution < 1.29 is 22.6 Å². The van der Waals surface area contributed by atoms with Crippen LogP contribution in [0.3, 0.4) is 0 Å². The molecule has 2 aromatic rings. The number of rotatable bonds is 7. The molecule has 7 nitrogen and oxygen atoms in total. The van der Waals surface area contributed by atoms with E-state index in [4.69, 9.17) is 14.2 Å². The highest BCUT2D eigenvalue weighted by Crippen LogP contribution is 2.37. The smallest absolute Gasteiger partial charge is 0.240 e. The van der Waals surface area contributed by atoms with E-state index in [1.54, 1.807) is 33.5 Å². The van der Waals surface area contributed by atoms with Crippen LogP contribution >= 0.6 is 0 Å². The molecule has 0 amide bonds. The fourth-order valence-corrected chi connectivity index (χ4v) is 4.48. The van der Waals surface area contributed by atoms with Crippen molar-refractivity contribution in [3.05, 3.63) is 47.5 Å². The van der Waals surface area contributed by atoms with E-state index in [-0.39, 0.29) is 17.5 Å². The van der Waals surface area contributed by atoms with E-state index in [9.17, 15) is 8.42 Å². The van der Waals surface area contributed by atoms with Crippen molar-refractivity contribution in [2.24, 2.45) is 0 Å². The summed E-state index contributed by atoms with van der Waals surface area (Å²) >= 11 is 0. The van der Waals surface area contributed by atoms with Crippen LogP contribution < -0.4 is 18.9 Å². The zero-order chi connectivity index (χ0) is 20.3. The number of hydrogen-bond acceptors (Lipinski definition) is 6. The molecule has 152 valence electrons. The van der Waals surface area contributed by atoms with Crippen LogP contribution in [0.4, 0.5) is 0 Å². The van der Waals surface area contributed by atoms with Crippen LogP contribution in [0.15, 0.2) is 41.3 Å². The van der Waals surface area contributed by atoms with E-state index < -0.39 is 10.0 Å². The molecule has 1 unspecified atom stereocenters. The normalized spacial score (nSPS) is 17.1. The molecule has 0 saturated heterocycles. The minimum atomic E-state index is -3.63. The summed E-state index contributed by atoms with van der Waals surface area (Å²) in [5.74, 6) is 1.93. The second-order valence-electron chi connectivity index (χ2n) is 6.68. The number of ether oxygens (including phenoxy) is 3. The molecule has 0 bridgehead atoms. The van der Waals surface area contributed by atoms with Gasteiger partial charge in [-0.25, -0.2) is 13.1 Å². The molecule has 0 aliphatic carbocycles. The van der Waals surface area contributed by atoms with Crippen LogP contribution in [0.1, 0.15) is 17.2 Å². The Kier molecular flexibility index (Phi) is 6.12. The van der Waals surface area contributed by atoms with Crippen molar-refractivity contribution in [1.29, 1.82) is 0 Å². The van der Waals surface area contributed by atoms with Crippen LogP contribution in [0.2, 0.25) is 0 Å². The van der Waals surface area contributed by atoms with Gasteiger partial charge in [-0.05, 0) is 61.0 Å². The lowest BCUT2D eigenvalue weighted by Crippen LogP contribution is -2.40. The molecule has 0 aromatic heterocycles. The Labute approximate surface area is 166 Å². The molecule has 0 saturated carbocycles. The summed E-state index contributed by atoms with van der Waals surface area (Å²) in [6, 6.07) is 10.2. The molecular weight excluding hydrogens is 380 g/mol. The fraction of sp³-hybridized carbons (Fsp3) is 0.400. The van der Waals surface area contributed by atoms with Gasteiger partial charge in [0.2, 0.25) is 10.0 Å². The van der Waals surface area contributed by atoms with Gasteiger partial charge in [-0.1, -0.05) is 0 Å². The van der Waals surface area contributed by atoms with Crippen LogP contribution in [-0.2, 0) is 16.4 Å². The Balaban J connectivity index is 1.84. The largest absolute Gasteiger partial charge is 0.497 e. The maximum absolute atomic E-state index is 12.7. The summed E-state index contributed by atoms with van der Waals surface area (Å²) in [6.07, 6.45) is 0.869. The van der Waals surface area contributed by atoms with E-state index in [0.717, 1.165) is 24.1 Å². The molecule has 1 aliphatic rings. The molecule has 2 aromatic carbocycles. The predicted octanol–water partition coefficient (Wildman–Crippen LogP) is 2.22. The maximum atomic E-state index is 12.7. The maximum Gasteiger partial charge on any atom is 0.240 e. The van der Waals surface area contributed by atoms with Crippen molar-refractivity contribution in [2.75, 3.05) is 41.5 Å². The third-order valence-electron chi connectivity index (χ3n) is 5.11. The average molecular weight is 407 g/mol. The first kappa shape index (κ1) is 20.4. The zero-order valence-electron chi connectivity index (χ0n) is 16.6. The lowest BCUT2D eigenvalue weighted by Gasteiger charge is -2.35. The molecular formula is C20H26N2O5S. The number of likely N-dealkylation sites (N-methyl/N-ethyl adjacent to an activating group) is 1. The van der Waals surface area contributed by atoms with Crippen molar-refractivity contribution in [3.63, 3.8) is 0 Å². The van der Waals surface area contributed by atoms with Gasteiger partial charge in [0.25, 0.3) is 0 Å². The van der Waals surface area contributed by atoms with E-state index in [0.29, 0.717) is 17.2 Å². The first-order chi connectivity index (χ1) is 13.4. The summed E-state index contributed by atoms with van der Waals surface area (Å²) < 4.78 is 44.1. The Hall–Kier alpha value is -2.29. The SMILES string of the molecule is COc1ccc(S(=O)(=O)NCC2c3cc(OC)c(OC)cc3CCN2C)cc1. The van der Waals surface area contributed by atoms with Crippen molar-refractivity contribution in [1.82, 2.24) is 9.62 Å². The Morgan fingerprint density at radius 3 is 2.29 bits per heavy atom. The average Bonchev–Trinajstić information content (AvgIpc) is 2.72. The molecule has 1 atom stereocenters.